The summed E-state index contributed by atoms with van der Waals surface area (Å²) in [5.74, 6) is -1.87. The van der Waals surface area contributed by atoms with Crippen molar-refractivity contribution in [1.82, 2.24) is 31.1 Å². The van der Waals surface area contributed by atoms with Crippen molar-refractivity contribution in [2.45, 2.75) is 90.4 Å². The fraction of sp³-hybridized carbons (Fsp3) is 0.457. The van der Waals surface area contributed by atoms with E-state index in [-0.39, 0.29) is 37.2 Å². The molecule has 49 heavy (non-hydrogen) atoms. The fourth-order valence-electron chi connectivity index (χ4n) is 6.21. The van der Waals surface area contributed by atoms with Crippen molar-refractivity contribution >= 4 is 52.0 Å². The van der Waals surface area contributed by atoms with Crippen LogP contribution < -0.4 is 21.7 Å². The molecule has 14 heteroatoms. The van der Waals surface area contributed by atoms with Gasteiger partial charge in [0.25, 0.3) is 0 Å². The summed E-state index contributed by atoms with van der Waals surface area (Å²) in [5, 5.41) is 16.7. The maximum Gasteiger partial charge on any atom is 0.434 e. The number of hydrogen-bond donors (Lipinski definition) is 5. The average molecular weight is 714 g/mol. The summed E-state index contributed by atoms with van der Waals surface area (Å²) in [6.45, 7) is 7.83. The summed E-state index contributed by atoms with van der Waals surface area (Å²) in [7, 11) is 0. The minimum Gasteiger partial charge on any atom is -0.445 e. The van der Waals surface area contributed by atoms with Gasteiger partial charge >= 0.3 is 11.8 Å². The molecular weight excluding hydrogens is 671 g/mol. The first-order chi connectivity index (χ1) is 23.4. The van der Waals surface area contributed by atoms with E-state index >= 15 is 0 Å². The van der Waals surface area contributed by atoms with Crippen LogP contribution in [0.3, 0.4) is 0 Å². The highest BCUT2D eigenvalue weighted by Crippen LogP contribution is 2.39. The number of hydrogen-bond acceptors (Lipinski definition) is 7. The molecule has 3 amide bonds. The second-order valence-electron chi connectivity index (χ2n) is 12.9. The second-order valence-corrected chi connectivity index (χ2v) is 13.8. The van der Waals surface area contributed by atoms with E-state index in [1.807, 2.05) is 58.0 Å². The van der Waals surface area contributed by atoms with Crippen molar-refractivity contribution in [2.75, 3.05) is 0 Å². The summed E-state index contributed by atoms with van der Waals surface area (Å²) in [6.07, 6.45) is 1.79. The third-order valence-corrected chi connectivity index (χ3v) is 9.99. The molecule has 2 aromatic heterocycles. The minimum absolute atomic E-state index is 0.0310. The Hall–Kier alpha value is -4.29. The molecule has 0 fully saturated rings. The van der Waals surface area contributed by atoms with Crippen molar-refractivity contribution in [3.63, 3.8) is 0 Å². The lowest BCUT2D eigenvalue weighted by Gasteiger charge is -2.39. The number of nitrogens with one attached hydrogen (secondary N) is 5. The summed E-state index contributed by atoms with van der Waals surface area (Å²) >= 11 is 12.9. The lowest BCUT2D eigenvalue weighted by atomic mass is 9.78. The molecule has 1 aliphatic rings. The van der Waals surface area contributed by atoms with Crippen LogP contribution in [0.1, 0.15) is 82.1 Å². The number of ether oxygens (including phenoxy) is 1. The van der Waals surface area contributed by atoms with Gasteiger partial charge in [-0.15, -0.1) is 5.10 Å². The zero-order chi connectivity index (χ0) is 35.3. The Kier molecular flexibility index (Phi) is 11.4. The molecule has 0 spiro atoms. The van der Waals surface area contributed by atoms with Crippen LogP contribution in [0.5, 0.6) is 0 Å². The monoisotopic (exact) mass is 712 g/mol. The molecule has 4 aromatic rings. The molecule has 0 saturated heterocycles. The van der Waals surface area contributed by atoms with E-state index in [2.05, 4.69) is 31.1 Å². The SMILES string of the molecule is CCC(C)C[C@H](NC(=O)[C@@]1(NC(=O)[C@@H](NC(=O)OCc2ccccc2)C(C)CC)CCc2[nH]c3c(Cl)cc(Cl)cc3c2C1)c1n[nH]c(=O)o1. The van der Waals surface area contributed by atoms with Crippen molar-refractivity contribution in [2.24, 2.45) is 11.8 Å². The topological polar surface area (TPSA) is 171 Å². The van der Waals surface area contributed by atoms with Crippen LogP contribution in [-0.2, 0) is 33.8 Å². The normalized spacial score (nSPS) is 18.2. The molecule has 5 N–H and O–H groups in total. The third-order valence-electron chi connectivity index (χ3n) is 9.47. The van der Waals surface area contributed by atoms with Crippen LogP contribution in [0, 0.1) is 11.8 Å². The first kappa shape index (κ1) is 36.0. The third kappa shape index (κ3) is 8.30. The molecule has 262 valence electrons. The van der Waals surface area contributed by atoms with Crippen molar-refractivity contribution in [1.29, 1.82) is 0 Å². The summed E-state index contributed by atoms with van der Waals surface area (Å²) in [5.41, 5.74) is 1.69. The molecule has 2 unspecified atom stereocenters. The van der Waals surface area contributed by atoms with Gasteiger partial charge < -0.3 is 30.1 Å². The first-order valence-electron chi connectivity index (χ1n) is 16.6. The number of H-pyrrole nitrogens is 2. The quantitative estimate of drug-likeness (QED) is 0.111. The van der Waals surface area contributed by atoms with Gasteiger partial charge in [0, 0.05) is 22.5 Å². The number of alkyl carbamates (subject to hydrolysis) is 1. The van der Waals surface area contributed by atoms with Crippen molar-refractivity contribution in [3.05, 3.63) is 85.8 Å². The van der Waals surface area contributed by atoms with E-state index in [0.717, 1.165) is 28.6 Å². The number of aromatic amines is 2. The van der Waals surface area contributed by atoms with Gasteiger partial charge in [-0.05, 0) is 54.4 Å². The van der Waals surface area contributed by atoms with Crippen LogP contribution >= 0.6 is 23.2 Å². The Labute approximate surface area is 294 Å². The van der Waals surface area contributed by atoms with Crippen LogP contribution in [0.4, 0.5) is 4.79 Å². The van der Waals surface area contributed by atoms with Gasteiger partial charge in [-0.1, -0.05) is 94.1 Å². The van der Waals surface area contributed by atoms with Crippen LogP contribution in [0.15, 0.2) is 51.7 Å². The van der Waals surface area contributed by atoms with Gasteiger partial charge in [-0.2, -0.15) is 0 Å². The number of aryl methyl sites for hydroxylation is 1. The zero-order valence-electron chi connectivity index (χ0n) is 28.0. The Morgan fingerprint density at radius 2 is 1.84 bits per heavy atom. The number of nitrogens with zero attached hydrogens (tertiary/aromatic N) is 1. The predicted octanol–water partition coefficient (Wildman–Crippen LogP) is 6.13. The molecule has 12 nitrogen and oxygen atoms in total. The largest absolute Gasteiger partial charge is 0.445 e. The number of amides is 3. The molecule has 2 heterocycles. The highest BCUT2D eigenvalue weighted by molar-refractivity contribution is 6.38. The van der Waals surface area contributed by atoms with E-state index in [1.165, 1.54) is 0 Å². The lowest BCUT2D eigenvalue weighted by Crippen LogP contribution is -2.65. The van der Waals surface area contributed by atoms with Gasteiger partial charge in [-0.3, -0.25) is 9.59 Å². The Morgan fingerprint density at radius 3 is 2.51 bits per heavy atom. The average Bonchev–Trinajstić information content (AvgIpc) is 3.69. The van der Waals surface area contributed by atoms with Gasteiger partial charge in [0.05, 0.1) is 10.5 Å². The number of carbonyl (C=O) groups excluding carboxylic acids is 3. The number of benzene rings is 2. The lowest BCUT2D eigenvalue weighted by molar-refractivity contribution is -0.136. The van der Waals surface area contributed by atoms with E-state index < -0.39 is 41.3 Å². The minimum atomic E-state index is -1.47. The smallest absolute Gasteiger partial charge is 0.434 e. The van der Waals surface area contributed by atoms with Crippen LogP contribution in [0.2, 0.25) is 10.0 Å². The van der Waals surface area contributed by atoms with Crippen molar-refractivity contribution < 1.29 is 23.5 Å². The molecule has 0 radical (unpaired) electrons. The highest BCUT2D eigenvalue weighted by Gasteiger charge is 2.46. The van der Waals surface area contributed by atoms with E-state index in [1.54, 1.807) is 12.1 Å². The maximum absolute atomic E-state index is 14.6. The molecule has 0 saturated carbocycles. The second kappa shape index (κ2) is 15.5. The Bertz CT molecular complexity index is 1860. The van der Waals surface area contributed by atoms with E-state index in [0.29, 0.717) is 34.8 Å². The molecule has 0 bridgehead atoms. The molecule has 1 aliphatic carbocycles. The first-order valence-corrected chi connectivity index (χ1v) is 17.3. The Morgan fingerprint density at radius 1 is 1.08 bits per heavy atom. The van der Waals surface area contributed by atoms with E-state index in [9.17, 15) is 19.2 Å². The summed E-state index contributed by atoms with van der Waals surface area (Å²) in [6, 6.07) is 10.9. The number of halogens is 2. The number of fused-ring (bicyclic) bond motifs is 3. The predicted molar refractivity (Wildman–Crippen MR) is 186 cm³/mol. The van der Waals surface area contributed by atoms with Crippen molar-refractivity contribution in [3.8, 4) is 0 Å². The summed E-state index contributed by atoms with van der Waals surface area (Å²) < 4.78 is 10.7. The van der Waals surface area contributed by atoms with Crippen LogP contribution in [0.25, 0.3) is 10.9 Å². The van der Waals surface area contributed by atoms with Gasteiger partial charge in [0.1, 0.15) is 24.2 Å². The number of rotatable bonds is 13. The molecule has 2 aromatic carbocycles. The number of carbonyl (C=O) groups is 3. The fourth-order valence-corrected chi connectivity index (χ4v) is 6.75. The Balaban J connectivity index is 1.47. The summed E-state index contributed by atoms with van der Waals surface area (Å²) in [4.78, 5) is 57.1. The maximum atomic E-state index is 14.6. The molecule has 5 rings (SSSR count). The number of aromatic nitrogens is 3. The van der Waals surface area contributed by atoms with Gasteiger partial charge in [-0.25, -0.2) is 14.7 Å². The van der Waals surface area contributed by atoms with Crippen LogP contribution in [-0.4, -0.2) is 44.7 Å². The van der Waals surface area contributed by atoms with Gasteiger partial charge in [0.2, 0.25) is 17.7 Å². The molecule has 0 aliphatic heterocycles. The highest BCUT2D eigenvalue weighted by atomic mass is 35.5. The van der Waals surface area contributed by atoms with Gasteiger partial charge in [0.15, 0.2) is 0 Å². The van der Waals surface area contributed by atoms with E-state index in [4.69, 9.17) is 32.4 Å². The molecule has 5 atom stereocenters. The standard InChI is InChI=1S/C35H42Cl2N6O6/c1-5-19(3)14-27(31-42-43-34(47)49-31)39-32(45)35(13-12-26-24(17-35)23-15-22(36)16-25(37)29(23)38-26)41-30(44)28(20(4)6-2)40-33(46)48-18-21-10-8-7-9-11-21/h7-11,15-16,19-20,27-28,38H,5-6,12-14,17-18H2,1-4H3,(H,39,45)(H,40,46)(H,41,44)(H,43,47)/t19?,20?,27-,28-,35+/m0/s1. The zero-order valence-corrected chi connectivity index (χ0v) is 29.5. The molecular formula is C35H42Cl2N6O6.